The maximum absolute atomic E-state index is 5.89. The summed E-state index contributed by atoms with van der Waals surface area (Å²) in [7, 11) is 0. The van der Waals surface area contributed by atoms with Crippen LogP contribution in [0.1, 0.15) is 5.56 Å². The van der Waals surface area contributed by atoms with Crippen LogP contribution in [-0.4, -0.2) is 5.54 Å². The predicted molar refractivity (Wildman–Crippen MR) is 57.7 cm³/mol. The first-order chi connectivity index (χ1) is 5.70. The van der Waals surface area contributed by atoms with E-state index < -0.39 is 5.54 Å². The highest BCUT2D eigenvalue weighted by atomic mass is 35.5. The number of hydrogen-bond donors (Lipinski definition) is 0. The summed E-state index contributed by atoms with van der Waals surface area (Å²) in [6.45, 7) is 0. The molecule has 62 valence electrons. The molecule has 0 N–H and O–H groups in total. The molecule has 0 heterocycles. The van der Waals surface area contributed by atoms with Gasteiger partial charge in [-0.25, -0.2) is 0 Å². The van der Waals surface area contributed by atoms with Crippen LogP contribution >= 0.6 is 34.5 Å². The van der Waals surface area contributed by atoms with E-state index in [0.29, 0.717) is 5.03 Å². The van der Waals surface area contributed by atoms with Gasteiger partial charge >= 0.3 is 5.54 Å². The summed E-state index contributed by atoms with van der Waals surface area (Å²) >= 11 is 16.9. The van der Waals surface area contributed by atoms with Crippen molar-refractivity contribution < 1.29 is 0 Å². The molecule has 0 spiro atoms. The zero-order chi connectivity index (χ0) is 8.97. The molecule has 0 nitrogen and oxygen atoms in total. The second kappa shape index (κ2) is 4.81. The molecular formula is C8H6BCl3. The van der Waals surface area contributed by atoms with Gasteiger partial charge in [0.1, 0.15) is 0 Å². The lowest BCUT2D eigenvalue weighted by atomic mass is 10.0. The molecule has 1 aromatic rings. The third-order valence-corrected chi connectivity index (χ3v) is 1.92. The molecule has 12 heavy (non-hydrogen) atoms. The first-order valence-electron chi connectivity index (χ1n) is 3.41. The second-order valence-electron chi connectivity index (χ2n) is 2.22. The highest BCUT2D eigenvalue weighted by molar-refractivity contribution is 7.36. The maximum atomic E-state index is 5.89. The van der Waals surface area contributed by atoms with Crippen LogP contribution in [0.4, 0.5) is 0 Å². The normalized spacial score (nSPS) is 11.4. The number of hydrogen-bond acceptors (Lipinski definition) is 0. The average Bonchev–Trinajstić information content (AvgIpc) is 2.05. The summed E-state index contributed by atoms with van der Waals surface area (Å²) in [4.78, 5) is 0. The highest BCUT2D eigenvalue weighted by Crippen LogP contribution is 2.19. The number of benzene rings is 1. The minimum atomic E-state index is -0.558. The zero-order valence-corrected chi connectivity index (χ0v) is 8.44. The Labute approximate surface area is 87.0 Å². The Balaban J connectivity index is 2.85. The Morgan fingerprint density at radius 3 is 2.25 bits per heavy atom. The zero-order valence-electron chi connectivity index (χ0n) is 6.18. The van der Waals surface area contributed by atoms with Gasteiger partial charge in [0.15, 0.2) is 0 Å². The standard InChI is InChI=1S/C8H6BCl3/c10-8(6-9(11)12)7-4-2-1-3-5-7/h1-6H/b8-6-. The summed E-state index contributed by atoms with van der Waals surface area (Å²) in [5.74, 6) is 1.58. The van der Waals surface area contributed by atoms with Crippen molar-refractivity contribution in [3.05, 3.63) is 41.9 Å². The largest absolute Gasteiger partial charge is 0.377 e. The van der Waals surface area contributed by atoms with Gasteiger partial charge in [0.25, 0.3) is 0 Å². The van der Waals surface area contributed by atoms with Gasteiger partial charge < -0.3 is 0 Å². The van der Waals surface area contributed by atoms with Crippen molar-refractivity contribution in [1.29, 1.82) is 0 Å². The summed E-state index contributed by atoms with van der Waals surface area (Å²) in [5.41, 5.74) is 0.364. The Morgan fingerprint density at radius 1 is 1.17 bits per heavy atom. The van der Waals surface area contributed by atoms with Crippen LogP contribution in [0.2, 0.25) is 0 Å². The van der Waals surface area contributed by atoms with E-state index in [4.69, 9.17) is 34.5 Å². The molecule has 0 amide bonds. The van der Waals surface area contributed by atoms with Crippen LogP contribution in [0.5, 0.6) is 0 Å². The van der Waals surface area contributed by atoms with Crippen molar-refractivity contribution >= 4 is 45.1 Å². The SMILES string of the molecule is ClB(Cl)/C=C(\Cl)c1ccccc1. The van der Waals surface area contributed by atoms with Crippen LogP contribution in [-0.2, 0) is 0 Å². The molecule has 0 fully saturated rings. The Bertz CT molecular complexity index is 269. The van der Waals surface area contributed by atoms with E-state index in [2.05, 4.69) is 0 Å². The first kappa shape index (κ1) is 9.98. The van der Waals surface area contributed by atoms with Crippen LogP contribution in [0.25, 0.3) is 5.03 Å². The van der Waals surface area contributed by atoms with E-state index in [0.717, 1.165) is 5.56 Å². The third kappa shape index (κ3) is 3.10. The minimum absolute atomic E-state index is 0.558. The van der Waals surface area contributed by atoms with E-state index in [-0.39, 0.29) is 0 Å². The summed E-state index contributed by atoms with van der Waals surface area (Å²) in [5, 5.41) is 0.575. The van der Waals surface area contributed by atoms with E-state index >= 15 is 0 Å². The molecule has 0 aliphatic heterocycles. The smallest absolute Gasteiger partial charge is 0.165 e. The lowest BCUT2D eigenvalue weighted by Crippen LogP contribution is -1.86. The van der Waals surface area contributed by atoms with Gasteiger partial charge in [-0.1, -0.05) is 47.9 Å². The first-order valence-corrected chi connectivity index (χ1v) is 4.66. The molecule has 4 heteroatoms. The monoisotopic (exact) mass is 218 g/mol. The van der Waals surface area contributed by atoms with Crippen molar-refractivity contribution in [2.45, 2.75) is 0 Å². The Kier molecular flexibility index (Phi) is 4.00. The van der Waals surface area contributed by atoms with Crippen molar-refractivity contribution in [2.75, 3.05) is 0 Å². The van der Waals surface area contributed by atoms with Gasteiger partial charge in [0.05, 0.1) is 0 Å². The molecule has 0 aliphatic rings. The summed E-state index contributed by atoms with van der Waals surface area (Å²) in [6, 6.07) is 9.53. The van der Waals surface area contributed by atoms with Crippen molar-refractivity contribution in [2.24, 2.45) is 0 Å². The maximum Gasteiger partial charge on any atom is 0.377 e. The quantitative estimate of drug-likeness (QED) is 0.664. The summed E-state index contributed by atoms with van der Waals surface area (Å²) in [6.07, 6.45) is 0. The molecule has 0 radical (unpaired) electrons. The molecule has 0 aliphatic carbocycles. The van der Waals surface area contributed by atoms with Crippen LogP contribution in [0.15, 0.2) is 36.3 Å². The van der Waals surface area contributed by atoms with Crippen molar-refractivity contribution in [3.8, 4) is 0 Å². The van der Waals surface area contributed by atoms with Gasteiger partial charge in [0, 0.05) is 5.03 Å². The van der Waals surface area contributed by atoms with Crippen LogP contribution in [0, 0.1) is 0 Å². The third-order valence-electron chi connectivity index (χ3n) is 1.32. The fourth-order valence-corrected chi connectivity index (χ4v) is 1.44. The molecule has 0 unspecified atom stereocenters. The highest BCUT2D eigenvalue weighted by Gasteiger charge is 2.03. The van der Waals surface area contributed by atoms with Crippen molar-refractivity contribution in [1.82, 2.24) is 0 Å². The van der Waals surface area contributed by atoms with Gasteiger partial charge in [-0.3, -0.25) is 0 Å². The van der Waals surface area contributed by atoms with E-state index in [1.165, 1.54) is 0 Å². The van der Waals surface area contributed by atoms with Gasteiger partial charge in [-0.15, -0.1) is 0 Å². The van der Waals surface area contributed by atoms with Gasteiger partial charge in [-0.2, -0.15) is 22.9 Å². The second-order valence-corrected chi connectivity index (χ2v) is 3.79. The fraction of sp³-hybridized carbons (Fsp3) is 0. The van der Waals surface area contributed by atoms with Crippen molar-refractivity contribution in [3.63, 3.8) is 0 Å². The minimum Gasteiger partial charge on any atom is -0.165 e. The molecule has 0 saturated heterocycles. The molecule has 0 bridgehead atoms. The molecule has 0 saturated carbocycles. The number of halogens is 3. The van der Waals surface area contributed by atoms with E-state index in [1.807, 2.05) is 30.3 Å². The molecule has 0 aromatic heterocycles. The molecule has 1 rings (SSSR count). The lowest BCUT2D eigenvalue weighted by Gasteiger charge is -1.97. The Morgan fingerprint density at radius 2 is 1.75 bits per heavy atom. The van der Waals surface area contributed by atoms with E-state index in [1.54, 1.807) is 5.98 Å². The molecule has 0 atom stereocenters. The average molecular weight is 219 g/mol. The topological polar surface area (TPSA) is 0 Å². The molecule has 1 aromatic carbocycles. The summed E-state index contributed by atoms with van der Waals surface area (Å²) < 4.78 is 0. The number of rotatable bonds is 2. The van der Waals surface area contributed by atoms with Crippen LogP contribution in [0.3, 0.4) is 0 Å². The van der Waals surface area contributed by atoms with Crippen LogP contribution < -0.4 is 0 Å². The van der Waals surface area contributed by atoms with Gasteiger partial charge in [-0.05, 0) is 5.56 Å². The lowest BCUT2D eigenvalue weighted by molar-refractivity contribution is 1.65. The fourth-order valence-electron chi connectivity index (χ4n) is 0.804. The van der Waals surface area contributed by atoms with Gasteiger partial charge in [0.2, 0.25) is 0 Å². The Hall–Kier alpha value is -0.105. The predicted octanol–water partition coefficient (Wildman–Crippen LogP) is 3.77. The van der Waals surface area contributed by atoms with E-state index in [9.17, 15) is 0 Å². The molecular weight excluding hydrogens is 213 g/mol.